The number of benzene rings is 4. The van der Waals surface area contributed by atoms with Crippen molar-refractivity contribution in [1.29, 1.82) is 0 Å². The molecule has 0 amide bonds. The summed E-state index contributed by atoms with van der Waals surface area (Å²) in [4.78, 5) is 67.7. The molecule has 0 bridgehead atoms. The van der Waals surface area contributed by atoms with Crippen LogP contribution in [0.4, 0.5) is 0 Å². The molecule has 0 saturated heterocycles. The van der Waals surface area contributed by atoms with Crippen LogP contribution in [0.1, 0.15) is 73.3 Å². The molecule has 4 rings (SSSR count). The van der Waals surface area contributed by atoms with Gasteiger partial charge in [-0.1, -0.05) is 48.5 Å². The Bertz CT molecular complexity index is 1580. The van der Waals surface area contributed by atoms with Gasteiger partial charge in [-0.15, -0.1) is 0 Å². The number of ketones is 2. The first-order valence-electron chi connectivity index (χ1n) is 11.4. The molecule has 0 aliphatic heterocycles. The Morgan fingerprint density at radius 2 is 0.575 bits per heavy atom. The molecule has 0 aromatic heterocycles. The Hall–Kier alpha value is -5.90. The molecule has 40 heavy (non-hydrogen) atoms. The summed E-state index contributed by atoms with van der Waals surface area (Å²) in [5.74, 6) is -5.21. The second-order valence-electron chi connectivity index (χ2n) is 8.20. The van der Waals surface area contributed by atoms with E-state index in [4.69, 9.17) is 20.4 Å². The molecule has 10 heteroatoms. The summed E-state index contributed by atoms with van der Waals surface area (Å²) in [7, 11) is 0. The monoisotopic (exact) mass is 540 g/mol. The van der Waals surface area contributed by atoms with Crippen LogP contribution in [0.5, 0.6) is 0 Å². The summed E-state index contributed by atoms with van der Waals surface area (Å²) in [6, 6.07) is 22.4. The zero-order valence-electron chi connectivity index (χ0n) is 20.5. The van der Waals surface area contributed by atoms with E-state index in [0.29, 0.717) is 5.56 Å². The van der Waals surface area contributed by atoms with Gasteiger partial charge in [-0.2, -0.15) is 0 Å². The molecule has 0 unspecified atom stereocenters. The van der Waals surface area contributed by atoms with E-state index in [0.717, 1.165) is 0 Å². The largest absolute Gasteiger partial charge is 0.478 e. The maximum Gasteiger partial charge on any atom is 0.335 e. The van der Waals surface area contributed by atoms with Gasteiger partial charge in [-0.05, 0) is 48.5 Å². The molecule has 0 aliphatic rings. The van der Waals surface area contributed by atoms with Gasteiger partial charge in [0.1, 0.15) is 0 Å². The number of carboxylic acids is 4. The molecule has 0 heterocycles. The maximum absolute atomic E-state index is 12.2. The Kier molecular flexibility index (Phi) is 9.01. The highest BCUT2D eigenvalue weighted by Gasteiger charge is 2.14. The lowest BCUT2D eigenvalue weighted by atomic mass is 10.00. The van der Waals surface area contributed by atoms with Crippen molar-refractivity contribution in [3.63, 3.8) is 0 Å². The fourth-order valence-electron chi connectivity index (χ4n) is 3.48. The average molecular weight is 540 g/mol. The van der Waals surface area contributed by atoms with Gasteiger partial charge in [0.15, 0.2) is 11.6 Å². The third-order valence-electron chi connectivity index (χ3n) is 5.51. The van der Waals surface area contributed by atoms with Crippen LogP contribution in [0, 0.1) is 0 Å². The SMILES string of the molecule is O=C(O)c1ccc(C(=O)c2cccc(C(=O)O)c2)cc1.O=C(O)c1cccc(C(=O)c2cccc(C(=O)O)c2)c1. The van der Waals surface area contributed by atoms with E-state index in [1.54, 1.807) is 0 Å². The van der Waals surface area contributed by atoms with Crippen LogP contribution < -0.4 is 0 Å². The number of carbonyl (C=O) groups is 6. The molecular formula is C30H20O10. The lowest BCUT2D eigenvalue weighted by molar-refractivity contribution is 0.0686. The molecule has 0 spiro atoms. The topological polar surface area (TPSA) is 183 Å². The summed E-state index contributed by atoms with van der Waals surface area (Å²) in [6.45, 7) is 0. The number of carboxylic acid groups (broad SMARTS) is 4. The van der Waals surface area contributed by atoms with Crippen molar-refractivity contribution in [2.24, 2.45) is 0 Å². The second kappa shape index (κ2) is 12.6. The van der Waals surface area contributed by atoms with Crippen LogP contribution in [0.15, 0.2) is 97.1 Å². The quantitative estimate of drug-likeness (QED) is 0.230. The number of aromatic carboxylic acids is 4. The fourth-order valence-corrected chi connectivity index (χ4v) is 3.48. The highest BCUT2D eigenvalue weighted by atomic mass is 16.4. The molecule has 4 N–H and O–H groups in total. The lowest BCUT2D eigenvalue weighted by Gasteiger charge is -2.03. The summed E-state index contributed by atoms with van der Waals surface area (Å²) in [5.41, 5.74) is 1.07. The minimum absolute atomic E-state index is 0.00485. The Labute approximate surface area is 226 Å². The molecule has 0 radical (unpaired) electrons. The first-order valence-corrected chi connectivity index (χ1v) is 11.4. The molecule has 0 saturated carbocycles. The maximum atomic E-state index is 12.2. The average Bonchev–Trinajstić information content (AvgIpc) is 2.97. The highest BCUT2D eigenvalue weighted by molar-refractivity contribution is 6.11. The predicted molar refractivity (Wildman–Crippen MR) is 140 cm³/mol. The molecule has 10 nitrogen and oxygen atoms in total. The van der Waals surface area contributed by atoms with E-state index < -0.39 is 29.7 Å². The first kappa shape index (κ1) is 28.7. The molecule has 0 aliphatic carbocycles. The zero-order chi connectivity index (χ0) is 29.4. The van der Waals surface area contributed by atoms with Crippen LogP contribution in [0.3, 0.4) is 0 Å². The molecule has 0 fully saturated rings. The van der Waals surface area contributed by atoms with Gasteiger partial charge in [0.2, 0.25) is 0 Å². The van der Waals surface area contributed by atoms with Gasteiger partial charge >= 0.3 is 23.9 Å². The van der Waals surface area contributed by atoms with Gasteiger partial charge in [0.05, 0.1) is 22.3 Å². The van der Waals surface area contributed by atoms with Crippen molar-refractivity contribution in [2.75, 3.05) is 0 Å². The van der Waals surface area contributed by atoms with E-state index in [1.165, 1.54) is 97.1 Å². The van der Waals surface area contributed by atoms with Crippen LogP contribution in [0.25, 0.3) is 0 Å². The molecule has 4 aromatic rings. The lowest BCUT2D eigenvalue weighted by Crippen LogP contribution is -2.06. The predicted octanol–water partition coefficient (Wildman–Crippen LogP) is 4.63. The Balaban J connectivity index is 0.000000220. The minimum atomic E-state index is -1.13. The number of hydrogen-bond donors (Lipinski definition) is 4. The van der Waals surface area contributed by atoms with Gasteiger partial charge in [-0.3, -0.25) is 9.59 Å². The standard InChI is InChI=1S/2C15H10O5/c16-13(9-3-1-5-11(7-9)14(17)18)10-4-2-6-12(8-10)15(19)20;16-13(9-4-6-10(7-5-9)14(17)18)11-2-1-3-12(8-11)15(19)20/h2*1-8H,(H,17,18)(H,19,20). The third-order valence-corrected chi connectivity index (χ3v) is 5.51. The van der Waals surface area contributed by atoms with Gasteiger partial charge in [0, 0.05) is 22.3 Å². The summed E-state index contributed by atoms with van der Waals surface area (Å²) < 4.78 is 0. The van der Waals surface area contributed by atoms with Crippen LogP contribution in [-0.2, 0) is 0 Å². The fraction of sp³-hybridized carbons (Fsp3) is 0. The van der Waals surface area contributed by atoms with Gasteiger partial charge in [-0.25, -0.2) is 19.2 Å². The van der Waals surface area contributed by atoms with Crippen LogP contribution in [-0.4, -0.2) is 55.9 Å². The second-order valence-corrected chi connectivity index (χ2v) is 8.20. The first-order chi connectivity index (χ1) is 19.0. The number of hydrogen-bond acceptors (Lipinski definition) is 6. The van der Waals surface area contributed by atoms with Crippen molar-refractivity contribution in [3.8, 4) is 0 Å². The van der Waals surface area contributed by atoms with Crippen molar-refractivity contribution in [3.05, 3.63) is 142 Å². The van der Waals surface area contributed by atoms with Gasteiger partial charge < -0.3 is 20.4 Å². The molecular weight excluding hydrogens is 520 g/mol. The molecule has 200 valence electrons. The zero-order valence-corrected chi connectivity index (χ0v) is 20.5. The number of rotatable bonds is 8. The molecule has 4 aromatic carbocycles. The van der Waals surface area contributed by atoms with E-state index in [9.17, 15) is 28.8 Å². The smallest absolute Gasteiger partial charge is 0.335 e. The van der Waals surface area contributed by atoms with E-state index in [-0.39, 0.29) is 44.7 Å². The van der Waals surface area contributed by atoms with Crippen LogP contribution in [0.2, 0.25) is 0 Å². The summed E-state index contributed by atoms with van der Waals surface area (Å²) in [6.07, 6.45) is 0. The van der Waals surface area contributed by atoms with Crippen molar-refractivity contribution in [1.82, 2.24) is 0 Å². The molecule has 0 atom stereocenters. The van der Waals surface area contributed by atoms with Crippen molar-refractivity contribution >= 4 is 35.4 Å². The summed E-state index contributed by atoms with van der Waals surface area (Å²) >= 11 is 0. The Morgan fingerprint density at radius 1 is 0.325 bits per heavy atom. The van der Waals surface area contributed by atoms with Crippen molar-refractivity contribution < 1.29 is 49.2 Å². The van der Waals surface area contributed by atoms with E-state index >= 15 is 0 Å². The van der Waals surface area contributed by atoms with Crippen molar-refractivity contribution in [2.45, 2.75) is 0 Å². The van der Waals surface area contributed by atoms with E-state index in [2.05, 4.69) is 0 Å². The van der Waals surface area contributed by atoms with Gasteiger partial charge in [0.25, 0.3) is 0 Å². The normalized spacial score (nSPS) is 10.0. The van der Waals surface area contributed by atoms with Crippen LogP contribution >= 0.6 is 0 Å². The van der Waals surface area contributed by atoms with E-state index in [1.807, 2.05) is 0 Å². The third kappa shape index (κ3) is 7.11. The Morgan fingerprint density at radius 3 is 0.875 bits per heavy atom. The highest BCUT2D eigenvalue weighted by Crippen LogP contribution is 2.15. The summed E-state index contributed by atoms with van der Waals surface area (Å²) in [5, 5.41) is 35.4. The minimum Gasteiger partial charge on any atom is -0.478 e. The number of carbonyl (C=O) groups excluding carboxylic acids is 2.